The van der Waals surface area contributed by atoms with Gasteiger partial charge in [-0.25, -0.2) is 4.98 Å². The van der Waals surface area contributed by atoms with Gasteiger partial charge in [0.25, 0.3) is 0 Å². The maximum Gasteiger partial charge on any atom is 0.233 e. The van der Waals surface area contributed by atoms with Crippen LogP contribution in [0, 0.1) is 5.41 Å². The number of amides is 1. The second kappa shape index (κ2) is 5.35. The van der Waals surface area contributed by atoms with Gasteiger partial charge in [-0.1, -0.05) is 0 Å². The molecule has 1 amide bonds. The topological polar surface area (TPSA) is 64.0 Å². The van der Waals surface area contributed by atoms with Crippen molar-refractivity contribution < 1.29 is 9.59 Å². The van der Waals surface area contributed by atoms with Gasteiger partial charge in [-0.2, -0.15) is 0 Å². The van der Waals surface area contributed by atoms with E-state index in [4.69, 9.17) is 23.2 Å². The summed E-state index contributed by atoms with van der Waals surface area (Å²) in [6, 6.07) is 6.64. The van der Waals surface area contributed by atoms with Crippen LogP contribution in [0.1, 0.15) is 29.5 Å². The normalized spacial score (nSPS) is 21.7. The predicted octanol–water partition coefficient (Wildman–Crippen LogP) is 3.17. The highest BCUT2D eigenvalue weighted by Crippen LogP contribution is 2.64. The van der Waals surface area contributed by atoms with Gasteiger partial charge in [0.15, 0.2) is 5.82 Å². The first-order valence-corrected chi connectivity index (χ1v) is 7.81. The number of imidazole rings is 1. The maximum atomic E-state index is 12.3. The molecule has 1 unspecified atom stereocenters. The first-order valence-electron chi connectivity index (χ1n) is 7.06. The van der Waals surface area contributed by atoms with E-state index in [1.165, 1.54) is 0 Å². The van der Waals surface area contributed by atoms with Gasteiger partial charge >= 0.3 is 0 Å². The zero-order chi connectivity index (χ0) is 16.8. The van der Waals surface area contributed by atoms with E-state index in [9.17, 15) is 9.59 Å². The van der Waals surface area contributed by atoms with Gasteiger partial charge in [-0.15, -0.1) is 23.2 Å². The van der Waals surface area contributed by atoms with Gasteiger partial charge in [0.1, 0.15) is 4.33 Å². The first kappa shape index (κ1) is 16.0. The quantitative estimate of drug-likeness (QED) is 0.679. The van der Waals surface area contributed by atoms with Crippen molar-refractivity contribution in [2.24, 2.45) is 12.5 Å². The molecule has 0 aliphatic heterocycles. The van der Waals surface area contributed by atoms with Crippen molar-refractivity contribution in [3.63, 3.8) is 0 Å². The third kappa shape index (κ3) is 2.75. The van der Waals surface area contributed by atoms with E-state index in [0.29, 0.717) is 23.5 Å². The first-order chi connectivity index (χ1) is 10.7. The molecule has 1 N–H and O–H groups in total. The Labute approximate surface area is 143 Å². The molecular formula is C16H15Cl2N3O2. The number of ketones is 1. The summed E-state index contributed by atoms with van der Waals surface area (Å²) in [5.41, 5.74) is 0.306. The molecule has 23 heavy (non-hydrogen) atoms. The number of hydrogen-bond acceptors (Lipinski definition) is 3. The van der Waals surface area contributed by atoms with E-state index >= 15 is 0 Å². The molecule has 3 rings (SSSR count). The largest absolute Gasteiger partial charge is 0.331 e. The summed E-state index contributed by atoms with van der Waals surface area (Å²) in [5, 5.41) is 2.77. The summed E-state index contributed by atoms with van der Waals surface area (Å²) >= 11 is 12.0. The van der Waals surface area contributed by atoms with E-state index in [1.807, 2.05) is 0 Å². The lowest BCUT2D eigenvalue weighted by atomic mass is 10.1. The molecule has 1 aliphatic carbocycles. The Kier molecular flexibility index (Phi) is 3.73. The van der Waals surface area contributed by atoms with Crippen LogP contribution in [0.5, 0.6) is 0 Å². The number of nitrogens with zero attached hydrogens (tertiary/aromatic N) is 2. The average Bonchev–Trinajstić information content (AvgIpc) is 2.83. The van der Waals surface area contributed by atoms with Crippen LogP contribution in [0.15, 0.2) is 36.7 Å². The molecule has 120 valence electrons. The standard InChI is InChI=1S/C16H15Cl2N3O2/c1-15(9-16(15,17)18)14(23)20-11-5-3-10(4-6-11)12(22)13-19-7-8-21(13)2/h3-8H,9H2,1-2H3,(H,20,23). The summed E-state index contributed by atoms with van der Waals surface area (Å²) in [7, 11) is 1.76. The highest BCUT2D eigenvalue weighted by atomic mass is 35.5. The molecule has 1 fully saturated rings. The van der Waals surface area contributed by atoms with E-state index in [1.54, 1.807) is 55.2 Å². The minimum atomic E-state index is -1.01. The van der Waals surface area contributed by atoms with Gasteiger partial charge in [-0.05, 0) is 37.6 Å². The number of benzene rings is 1. The summed E-state index contributed by atoms with van der Waals surface area (Å²) in [4.78, 5) is 28.5. The van der Waals surface area contributed by atoms with Crippen molar-refractivity contribution in [1.29, 1.82) is 0 Å². The molecule has 1 aromatic heterocycles. The highest BCUT2D eigenvalue weighted by molar-refractivity contribution is 6.53. The SMILES string of the molecule is Cn1ccnc1C(=O)c1ccc(NC(=O)C2(C)CC2(Cl)Cl)cc1. The lowest BCUT2D eigenvalue weighted by Crippen LogP contribution is -2.25. The third-order valence-electron chi connectivity index (χ3n) is 4.19. The highest BCUT2D eigenvalue weighted by Gasteiger charge is 2.67. The van der Waals surface area contributed by atoms with Crippen molar-refractivity contribution in [3.8, 4) is 0 Å². The number of rotatable bonds is 4. The minimum absolute atomic E-state index is 0.176. The van der Waals surface area contributed by atoms with Gasteiger partial charge in [0, 0.05) is 30.7 Å². The van der Waals surface area contributed by atoms with E-state index in [-0.39, 0.29) is 11.7 Å². The van der Waals surface area contributed by atoms with Gasteiger partial charge < -0.3 is 9.88 Å². The monoisotopic (exact) mass is 351 g/mol. The van der Waals surface area contributed by atoms with Crippen molar-refractivity contribution in [2.75, 3.05) is 5.32 Å². The lowest BCUT2D eigenvalue weighted by molar-refractivity contribution is -0.120. The lowest BCUT2D eigenvalue weighted by Gasteiger charge is -2.12. The van der Waals surface area contributed by atoms with Crippen LogP contribution in [0.2, 0.25) is 0 Å². The molecule has 5 nitrogen and oxygen atoms in total. The number of halogens is 2. The molecule has 7 heteroatoms. The summed E-state index contributed by atoms with van der Waals surface area (Å²) in [6.07, 6.45) is 3.70. The van der Waals surface area contributed by atoms with Gasteiger partial charge in [-0.3, -0.25) is 9.59 Å². The van der Waals surface area contributed by atoms with Crippen LogP contribution in [0.25, 0.3) is 0 Å². The van der Waals surface area contributed by atoms with Crippen molar-refractivity contribution in [2.45, 2.75) is 17.7 Å². The molecule has 2 aromatic rings. The second-order valence-electron chi connectivity index (χ2n) is 5.94. The Morgan fingerprint density at radius 3 is 2.35 bits per heavy atom. The Morgan fingerprint density at radius 2 is 1.87 bits per heavy atom. The molecule has 1 atom stereocenters. The van der Waals surface area contributed by atoms with Crippen LogP contribution >= 0.6 is 23.2 Å². The number of carbonyl (C=O) groups is 2. The fourth-order valence-electron chi connectivity index (χ4n) is 2.33. The molecule has 0 radical (unpaired) electrons. The van der Waals surface area contributed by atoms with E-state index in [2.05, 4.69) is 10.3 Å². The fraction of sp³-hybridized carbons (Fsp3) is 0.312. The molecule has 0 saturated heterocycles. The number of aryl methyl sites for hydroxylation is 1. The number of carbonyl (C=O) groups excluding carboxylic acids is 2. The van der Waals surface area contributed by atoms with Crippen LogP contribution in [0.4, 0.5) is 5.69 Å². The van der Waals surface area contributed by atoms with Gasteiger partial charge in [0.05, 0.1) is 5.41 Å². The van der Waals surface area contributed by atoms with Crippen LogP contribution in [-0.2, 0) is 11.8 Å². The van der Waals surface area contributed by atoms with Crippen molar-refractivity contribution in [3.05, 3.63) is 48.0 Å². The summed E-state index contributed by atoms with van der Waals surface area (Å²) in [6.45, 7) is 1.72. The number of alkyl halides is 2. The predicted molar refractivity (Wildman–Crippen MR) is 88.9 cm³/mol. The van der Waals surface area contributed by atoms with Gasteiger partial charge in [0.2, 0.25) is 11.7 Å². The molecular weight excluding hydrogens is 337 g/mol. The van der Waals surface area contributed by atoms with E-state index in [0.717, 1.165) is 0 Å². The number of anilines is 1. The maximum absolute atomic E-state index is 12.3. The molecule has 1 saturated carbocycles. The van der Waals surface area contributed by atoms with E-state index < -0.39 is 9.75 Å². The fourth-order valence-corrected chi connectivity index (χ4v) is 3.04. The molecule has 0 bridgehead atoms. The Morgan fingerprint density at radius 1 is 1.26 bits per heavy atom. The number of hydrogen-bond donors (Lipinski definition) is 1. The Bertz CT molecular complexity index is 783. The average molecular weight is 352 g/mol. The van der Waals surface area contributed by atoms with Crippen molar-refractivity contribution in [1.82, 2.24) is 9.55 Å². The van der Waals surface area contributed by atoms with Crippen LogP contribution in [-0.4, -0.2) is 25.6 Å². The van der Waals surface area contributed by atoms with Crippen molar-refractivity contribution >= 4 is 40.6 Å². The summed E-state index contributed by atoms with van der Waals surface area (Å²) in [5.74, 6) is -0.0444. The minimum Gasteiger partial charge on any atom is -0.331 e. The van der Waals surface area contributed by atoms with Crippen LogP contribution in [0.3, 0.4) is 0 Å². The molecule has 1 aliphatic rings. The Balaban J connectivity index is 1.72. The zero-order valence-corrected chi connectivity index (χ0v) is 14.1. The summed E-state index contributed by atoms with van der Waals surface area (Å²) < 4.78 is 0.650. The molecule has 1 aromatic carbocycles. The number of nitrogens with one attached hydrogen (secondary N) is 1. The van der Waals surface area contributed by atoms with Crippen LogP contribution < -0.4 is 5.32 Å². The molecule has 0 spiro atoms. The zero-order valence-electron chi connectivity index (χ0n) is 12.6. The second-order valence-corrected chi connectivity index (χ2v) is 7.42. The molecule has 1 heterocycles. The number of aromatic nitrogens is 2. The third-order valence-corrected chi connectivity index (χ3v) is 5.29. The smallest absolute Gasteiger partial charge is 0.233 e. The Hall–Kier alpha value is -1.85.